The molecule has 2 rings (SSSR count). The van der Waals surface area contributed by atoms with Crippen LogP contribution in [-0.4, -0.2) is 18.5 Å². The van der Waals surface area contributed by atoms with Crippen LogP contribution in [0.5, 0.6) is 0 Å². The molecule has 1 heterocycles. The monoisotopic (exact) mass is 280 g/mol. The molecule has 0 aromatic heterocycles. The van der Waals surface area contributed by atoms with E-state index in [0.717, 1.165) is 37.1 Å². The molecule has 2 atom stereocenters. The molecule has 1 aromatic carbocycles. The molecule has 1 saturated heterocycles. The topological polar surface area (TPSA) is 41.1 Å². The highest BCUT2D eigenvalue weighted by Crippen LogP contribution is 2.24. The molecule has 1 aromatic rings. The molecule has 1 aliphatic heterocycles. The van der Waals surface area contributed by atoms with Crippen molar-refractivity contribution in [1.29, 1.82) is 0 Å². The van der Waals surface area contributed by atoms with Gasteiger partial charge in [-0.15, -0.1) is 0 Å². The maximum atomic E-state index is 12.3. The summed E-state index contributed by atoms with van der Waals surface area (Å²) in [5.74, 6) is 0.695. The van der Waals surface area contributed by atoms with Crippen LogP contribution in [0, 0.1) is 12.8 Å². The number of hydrogen-bond acceptors (Lipinski definition) is 2. The summed E-state index contributed by atoms with van der Waals surface area (Å²) in [6, 6.07) is 5.49. The maximum Gasteiger partial charge on any atom is 0.241 e. The third-order valence-electron chi connectivity index (χ3n) is 3.93. The van der Waals surface area contributed by atoms with Gasteiger partial charge in [0, 0.05) is 10.7 Å². The third kappa shape index (κ3) is 3.48. The molecule has 2 unspecified atom stereocenters. The largest absolute Gasteiger partial charge is 0.324 e. The maximum absolute atomic E-state index is 12.3. The Morgan fingerprint density at radius 3 is 3.05 bits per heavy atom. The summed E-state index contributed by atoms with van der Waals surface area (Å²) < 4.78 is 0. The number of rotatable bonds is 3. The van der Waals surface area contributed by atoms with Gasteiger partial charge in [0.1, 0.15) is 0 Å². The minimum atomic E-state index is -0.0860. The summed E-state index contributed by atoms with van der Waals surface area (Å²) in [5.41, 5.74) is 1.72. The van der Waals surface area contributed by atoms with Crippen LogP contribution >= 0.6 is 11.6 Å². The lowest BCUT2D eigenvalue weighted by Crippen LogP contribution is -2.46. The van der Waals surface area contributed by atoms with Crippen LogP contribution in [0.1, 0.15) is 31.7 Å². The van der Waals surface area contributed by atoms with E-state index >= 15 is 0 Å². The van der Waals surface area contributed by atoms with Crippen molar-refractivity contribution >= 4 is 23.2 Å². The van der Waals surface area contributed by atoms with E-state index in [0.29, 0.717) is 10.9 Å². The van der Waals surface area contributed by atoms with Crippen LogP contribution in [0.4, 0.5) is 5.69 Å². The van der Waals surface area contributed by atoms with Crippen molar-refractivity contribution in [3.63, 3.8) is 0 Å². The first-order valence-electron chi connectivity index (χ1n) is 6.91. The molecule has 0 radical (unpaired) electrons. The highest BCUT2D eigenvalue weighted by molar-refractivity contribution is 6.31. The van der Waals surface area contributed by atoms with Crippen molar-refractivity contribution in [1.82, 2.24) is 5.32 Å². The third-order valence-corrected chi connectivity index (χ3v) is 4.34. The fourth-order valence-electron chi connectivity index (χ4n) is 2.53. The number of carbonyl (C=O) groups is 1. The van der Waals surface area contributed by atoms with Gasteiger partial charge in [-0.25, -0.2) is 0 Å². The second-order valence-electron chi connectivity index (χ2n) is 5.21. The van der Waals surface area contributed by atoms with Crippen LogP contribution in [0.15, 0.2) is 18.2 Å². The van der Waals surface area contributed by atoms with E-state index < -0.39 is 0 Å². The van der Waals surface area contributed by atoms with Crippen molar-refractivity contribution in [2.75, 3.05) is 11.9 Å². The summed E-state index contributed by atoms with van der Waals surface area (Å²) in [7, 11) is 0. The number of amides is 1. The minimum absolute atomic E-state index is 0.0449. The fourth-order valence-corrected chi connectivity index (χ4v) is 2.70. The van der Waals surface area contributed by atoms with Gasteiger partial charge in [-0.1, -0.05) is 31.0 Å². The van der Waals surface area contributed by atoms with E-state index in [-0.39, 0.29) is 11.9 Å². The highest BCUT2D eigenvalue weighted by atomic mass is 35.5. The predicted octanol–water partition coefficient (Wildman–Crippen LogP) is 3.37. The first-order chi connectivity index (χ1) is 9.11. The SMILES string of the molecule is CCC1CCNC(C(=O)Nc2cccc(Cl)c2C)C1. The van der Waals surface area contributed by atoms with Gasteiger partial charge >= 0.3 is 0 Å². The van der Waals surface area contributed by atoms with Gasteiger partial charge in [0.25, 0.3) is 0 Å². The molecule has 0 spiro atoms. The standard InChI is InChI=1S/C15H21ClN2O/c1-3-11-7-8-17-14(9-11)15(19)18-13-6-4-5-12(16)10(13)2/h4-6,11,14,17H,3,7-9H2,1-2H3,(H,18,19). The lowest BCUT2D eigenvalue weighted by molar-refractivity contribution is -0.119. The second kappa shape index (κ2) is 6.40. The van der Waals surface area contributed by atoms with E-state index in [1.54, 1.807) is 0 Å². The molecule has 1 aliphatic rings. The van der Waals surface area contributed by atoms with Gasteiger partial charge in [-0.2, -0.15) is 0 Å². The molecular weight excluding hydrogens is 260 g/mol. The van der Waals surface area contributed by atoms with Crippen molar-refractivity contribution in [3.8, 4) is 0 Å². The zero-order chi connectivity index (χ0) is 13.8. The Bertz CT molecular complexity index is 461. The van der Waals surface area contributed by atoms with Crippen LogP contribution in [0.3, 0.4) is 0 Å². The van der Waals surface area contributed by atoms with Crippen LogP contribution < -0.4 is 10.6 Å². The van der Waals surface area contributed by atoms with Gasteiger partial charge < -0.3 is 10.6 Å². The number of benzene rings is 1. The van der Waals surface area contributed by atoms with E-state index in [2.05, 4.69) is 17.6 Å². The number of halogens is 1. The molecule has 104 valence electrons. The number of piperidine rings is 1. The molecule has 19 heavy (non-hydrogen) atoms. The average Bonchev–Trinajstić information content (AvgIpc) is 2.44. The summed E-state index contributed by atoms with van der Waals surface area (Å²) in [6.07, 6.45) is 3.22. The van der Waals surface area contributed by atoms with E-state index in [4.69, 9.17) is 11.6 Å². The summed E-state index contributed by atoms with van der Waals surface area (Å²) >= 11 is 6.06. The quantitative estimate of drug-likeness (QED) is 0.891. The predicted molar refractivity (Wildman–Crippen MR) is 79.6 cm³/mol. The average molecular weight is 281 g/mol. The van der Waals surface area contributed by atoms with Gasteiger partial charge in [-0.05, 0) is 49.9 Å². The molecule has 4 heteroatoms. The Morgan fingerprint density at radius 2 is 2.32 bits per heavy atom. The first-order valence-corrected chi connectivity index (χ1v) is 7.29. The van der Waals surface area contributed by atoms with Crippen molar-refractivity contribution < 1.29 is 4.79 Å². The van der Waals surface area contributed by atoms with Gasteiger partial charge in [-0.3, -0.25) is 4.79 Å². The molecule has 0 aliphatic carbocycles. The van der Waals surface area contributed by atoms with Gasteiger partial charge in [0.15, 0.2) is 0 Å². The summed E-state index contributed by atoms with van der Waals surface area (Å²) in [5, 5.41) is 6.95. The second-order valence-corrected chi connectivity index (χ2v) is 5.61. The Hall–Kier alpha value is -1.06. The van der Waals surface area contributed by atoms with E-state index in [1.165, 1.54) is 0 Å². The molecule has 1 amide bonds. The highest BCUT2D eigenvalue weighted by Gasteiger charge is 2.26. The number of hydrogen-bond donors (Lipinski definition) is 2. The fraction of sp³-hybridized carbons (Fsp3) is 0.533. The van der Waals surface area contributed by atoms with Gasteiger partial charge in [0.2, 0.25) is 5.91 Å². The molecule has 1 fully saturated rings. The lowest BCUT2D eigenvalue weighted by atomic mass is 9.90. The van der Waals surface area contributed by atoms with Crippen molar-refractivity contribution in [2.24, 2.45) is 5.92 Å². The van der Waals surface area contributed by atoms with Crippen LogP contribution in [0.25, 0.3) is 0 Å². The van der Waals surface area contributed by atoms with Crippen LogP contribution in [0.2, 0.25) is 5.02 Å². The summed E-state index contributed by atoms with van der Waals surface area (Å²) in [6.45, 7) is 5.03. The molecule has 2 N–H and O–H groups in total. The first kappa shape index (κ1) is 14.4. The number of carbonyl (C=O) groups excluding carboxylic acids is 1. The Kier molecular flexibility index (Phi) is 4.83. The minimum Gasteiger partial charge on any atom is -0.324 e. The number of nitrogens with one attached hydrogen (secondary N) is 2. The summed E-state index contributed by atoms with van der Waals surface area (Å²) in [4.78, 5) is 12.3. The van der Waals surface area contributed by atoms with Gasteiger partial charge in [0.05, 0.1) is 6.04 Å². The van der Waals surface area contributed by atoms with E-state index in [9.17, 15) is 4.79 Å². The number of anilines is 1. The smallest absolute Gasteiger partial charge is 0.241 e. The van der Waals surface area contributed by atoms with Crippen molar-refractivity contribution in [2.45, 2.75) is 39.2 Å². The van der Waals surface area contributed by atoms with Crippen LogP contribution in [-0.2, 0) is 4.79 Å². The van der Waals surface area contributed by atoms with E-state index in [1.807, 2.05) is 25.1 Å². The molecule has 3 nitrogen and oxygen atoms in total. The Labute approximate surface area is 119 Å². The molecular formula is C15H21ClN2O. The molecule has 0 bridgehead atoms. The Balaban J connectivity index is 2.02. The Morgan fingerprint density at radius 1 is 1.53 bits per heavy atom. The normalized spacial score (nSPS) is 23.1. The lowest BCUT2D eigenvalue weighted by Gasteiger charge is -2.29. The zero-order valence-electron chi connectivity index (χ0n) is 11.5. The zero-order valence-corrected chi connectivity index (χ0v) is 12.3. The van der Waals surface area contributed by atoms with Crippen molar-refractivity contribution in [3.05, 3.63) is 28.8 Å². The molecule has 0 saturated carbocycles.